The van der Waals surface area contributed by atoms with Crippen molar-refractivity contribution in [3.05, 3.63) is 11.4 Å². The van der Waals surface area contributed by atoms with E-state index in [1.807, 2.05) is 13.8 Å². The molecule has 7 heteroatoms. The maximum atomic E-state index is 11.9. The first-order valence-corrected chi connectivity index (χ1v) is 6.21. The molecule has 0 aliphatic carbocycles. The fraction of sp³-hybridized carbons (Fsp3) is 0.667. The molecule has 0 unspecified atom stereocenters. The number of nitrogens with zero attached hydrogens (tertiary/aromatic N) is 4. The van der Waals surface area contributed by atoms with E-state index in [1.54, 1.807) is 25.8 Å². The summed E-state index contributed by atoms with van der Waals surface area (Å²) in [6, 6.07) is 0.112. The SMILES string of the molecule is CCOC(=O)c1nnn(CC(=O)N(C)C(C)C)c1C. The molecule has 0 radical (unpaired) electrons. The van der Waals surface area contributed by atoms with Gasteiger partial charge in [0.25, 0.3) is 0 Å². The largest absolute Gasteiger partial charge is 0.461 e. The highest BCUT2D eigenvalue weighted by Gasteiger charge is 2.20. The molecule has 1 rings (SSSR count). The van der Waals surface area contributed by atoms with Crippen LogP contribution in [0.25, 0.3) is 0 Å². The lowest BCUT2D eigenvalue weighted by atomic mass is 10.3. The summed E-state index contributed by atoms with van der Waals surface area (Å²) in [6.07, 6.45) is 0. The fourth-order valence-corrected chi connectivity index (χ4v) is 1.43. The number of carbonyl (C=O) groups excluding carboxylic acids is 2. The van der Waals surface area contributed by atoms with Crippen LogP contribution in [0.15, 0.2) is 0 Å². The van der Waals surface area contributed by atoms with Gasteiger partial charge in [0.1, 0.15) is 6.54 Å². The van der Waals surface area contributed by atoms with Crippen molar-refractivity contribution in [3.8, 4) is 0 Å². The number of carbonyl (C=O) groups is 2. The highest BCUT2D eigenvalue weighted by molar-refractivity contribution is 5.88. The number of hydrogen-bond acceptors (Lipinski definition) is 5. The molecular weight excluding hydrogens is 248 g/mol. The maximum Gasteiger partial charge on any atom is 0.360 e. The van der Waals surface area contributed by atoms with E-state index in [0.29, 0.717) is 5.69 Å². The second kappa shape index (κ2) is 6.31. The van der Waals surface area contributed by atoms with Gasteiger partial charge in [-0.25, -0.2) is 9.48 Å². The molecule has 0 saturated heterocycles. The molecule has 0 atom stereocenters. The van der Waals surface area contributed by atoms with Gasteiger partial charge in [0.2, 0.25) is 5.91 Å². The van der Waals surface area contributed by atoms with Crippen molar-refractivity contribution in [3.63, 3.8) is 0 Å². The fourth-order valence-electron chi connectivity index (χ4n) is 1.43. The van der Waals surface area contributed by atoms with Crippen molar-refractivity contribution in [1.82, 2.24) is 19.9 Å². The Hall–Kier alpha value is -1.92. The third-order valence-electron chi connectivity index (χ3n) is 2.90. The van der Waals surface area contributed by atoms with Gasteiger partial charge in [0.05, 0.1) is 12.3 Å². The summed E-state index contributed by atoms with van der Waals surface area (Å²) in [5.74, 6) is -0.602. The van der Waals surface area contributed by atoms with E-state index in [2.05, 4.69) is 10.3 Å². The number of rotatable bonds is 5. The molecule has 1 heterocycles. The van der Waals surface area contributed by atoms with E-state index in [9.17, 15) is 9.59 Å². The molecule has 1 aromatic heterocycles. The Morgan fingerprint density at radius 2 is 2.05 bits per heavy atom. The standard InChI is InChI=1S/C12H20N4O3/c1-6-19-12(18)11-9(4)16(14-13-11)7-10(17)15(5)8(2)3/h8H,6-7H2,1-5H3. The lowest BCUT2D eigenvalue weighted by molar-refractivity contribution is -0.132. The molecule has 0 aromatic carbocycles. The number of aromatic nitrogens is 3. The van der Waals surface area contributed by atoms with Crippen molar-refractivity contribution >= 4 is 11.9 Å². The van der Waals surface area contributed by atoms with Crippen molar-refractivity contribution in [2.45, 2.75) is 40.3 Å². The van der Waals surface area contributed by atoms with E-state index in [4.69, 9.17) is 4.74 Å². The second-order valence-electron chi connectivity index (χ2n) is 4.50. The number of hydrogen-bond donors (Lipinski definition) is 0. The van der Waals surface area contributed by atoms with Gasteiger partial charge in [-0.05, 0) is 27.7 Å². The van der Waals surface area contributed by atoms with E-state index >= 15 is 0 Å². The van der Waals surface area contributed by atoms with E-state index in [1.165, 1.54) is 4.68 Å². The van der Waals surface area contributed by atoms with Gasteiger partial charge in [-0.15, -0.1) is 5.10 Å². The summed E-state index contributed by atoms with van der Waals surface area (Å²) in [5.41, 5.74) is 0.686. The molecule has 0 aliphatic heterocycles. The van der Waals surface area contributed by atoms with Gasteiger partial charge in [-0.2, -0.15) is 0 Å². The van der Waals surface area contributed by atoms with Crippen molar-refractivity contribution < 1.29 is 14.3 Å². The van der Waals surface area contributed by atoms with Gasteiger partial charge in [0, 0.05) is 13.1 Å². The summed E-state index contributed by atoms with van der Waals surface area (Å²) >= 11 is 0. The zero-order chi connectivity index (χ0) is 14.6. The third kappa shape index (κ3) is 3.52. The van der Waals surface area contributed by atoms with E-state index in [0.717, 1.165) is 0 Å². The summed E-state index contributed by atoms with van der Waals surface area (Å²) < 4.78 is 6.27. The molecule has 7 nitrogen and oxygen atoms in total. The Balaban J connectivity index is 2.81. The number of likely N-dealkylation sites (N-methyl/N-ethyl adjacent to an activating group) is 1. The Kier molecular flexibility index (Phi) is 5.02. The first-order chi connectivity index (χ1) is 8.88. The molecule has 0 saturated carbocycles. The predicted octanol–water partition coefficient (Wildman–Crippen LogP) is 0.630. The van der Waals surface area contributed by atoms with Crippen molar-refractivity contribution in [2.75, 3.05) is 13.7 Å². The summed E-state index contributed by atoms with van der Waals surface area (Å²) in [5, 5.41) is 7.58. The Morgan fingerprint density at radius 1 is 1.42 bits per heavy atom. The zero-order valence-corrected chi connectivity index (χ0v) is 12.0. The van der Waals surface area contributed by atoms with Crippen LogP contribution in [0.5, 0.6) is 0 Å². The van der Waals surface area contributed by atoms with Crippen LogP contribution in [0, 0.1) is 6.92 Å². The van der Waals surface area contributed by atoms with E-state index < -0.39 is 5.97 Å². The maximum absolute atomic E-state index is 11.9. The lowest BCUT2D eigenvalue weighted by Gasteiger charge is -2.21. The minimum Gasteiger partial charge on any atom is -0.461 e. The molecule has 19 heavy (non-hydrogen) atoms. The van der Waals surface area contributed by atoms with E-state index in [-0.39, 0.29) is 30.8 Å². The highest BCUT2D eigenvalue weighted by atomic mass is 16.5. The highest BCUT2D eigenvalue weighted by Crippen LogP contribution is 2.06. The first-order valence-electron chi connectivity index (χ1n) is 6.21. The van der Waals surface area contributed by atoms with Crippen LogP contribution in [0.1, 0.15) is 37.0 Å². The van der Waals surface area contributed by atoms with Gasteiger partial charge in [-0.1, -0.05) is 5.21 Å². The quantitative estimate of drug-likeness (QED) is 0.732. The smallest absolute Gasteiger partial charge is 0.360 e. The van der Waals surface area contributed by atoms with Crippen LogP contribution < -0.4 is 0 Å². The topological polar surface area (TPSA) is 77.3 Å². The minimum atomic E-state index is -0.518. The number of esters is 1. The van der Waals surface area contributed by atoms with Gasteiger partial charge in [0.15, 0.2) is 5.69 Å². The number of amides is 1. The zero-order valence-electron chi connectivity index (χ0n) is 12.0. The minimum absolute atomic E-state index is 0.0624. The normalized spacial score (nSPS) is 10.6. The van der Waals surface area contributed by atoms with Crippen LogP contribution in [0.3, 0.4) is 0 Å². The van der Waals surface area contributed by atoms with Crippen LogP contribution in [-0.4, -0.2) is 51.5 Å². The summed E-state index contributed by atoms with van der Waals surface area (Å²) in [6.45, 7) is 7.60. The Morgan fingerprint density at radius 3 is 2.58 bits per heavy atom. The monoisotopic (exact) mass is 268 g/mol. The van der Waals surface area contributed by atoms with Crippen LogP contribution in [-0.2, 0) is 16.1 Å². The first kappa shape index (κ1) is 15.1. The van der Waals surface area contributed by atoms with Crippen molar-refractivity contribution in [1.29, 1.82) is 0 Å². The molecule has 1 aromatic rings. The van der Waals surface area contributed by atoms with Gasteiger partial charge >= 0.3 is 5.97 Å². The molecule has 0 spiro atoms. The van der Waals surface area contributed by atoms with Crippen LogP contribution in [0.2, 0.25) is 0 Å². The number of ether oxygens (including phenoxy) is 1. The summed E-state index contributed by atoms with van der Waals surface area (Å²) in [7, 11) is 1.73. The second-order valence-corrected chi connectivity index (χ2v) is 4.50. The van der Waals surface area contributed by atoms with Crippen molar-refractivity contribution in [2.24, 2.45) is 0 Å². The Labute approximate surface area is 112 Å². The molecule has 0 bridgehead atoms. The molecule has 0 N–H and O–H groups in total. The Bertz CT molecular complexity index is 468. The lowest BCUT2D eigenvalue weighted by Crippen LogP contribution is -2.36. The van der Waals surface area contributed by atoms with Gasteiger partial charge in [-0.3, -0.25) is 4.79 Å². The van der Waals surface area contributed by atoms with Crippen LogP contribution in [0.4, 0.5) is 0 Å². The molecule has 1 amide bonds. The molecule has 0 aliphatic rings. The molecule has 106 valence electrons. The third-order valence-corrected chi connectivity index (χ3v) is 2.90. The molecule has 0 fully saturated rings. The molecular formula is C12H20N4O3. The summed E-state index contributed by atoms with van der Waals surface area (Å²) in [4.78, 5) is 25.1. The predicted molar refractivity (Wildman–Crippen MR) is 68.6 cm³/mol. The average Bonchev–Trinajstić information content (AvgIpc) is 2.70. The van der Waals surface area contributed by atoms with Gasteiger partial charge < -0.3 is 9.64 Å². The average molecular weight is 268 g/mol. The van der Waals surface area contributed by atoms with Crippen LogP contribution >= 0.6 is 0 Å².